The van der Waals surface area contributed by atoms with Gasteiger partial charge < -0.3 is 10.2 Å². The van der Waals surface area contributed by atoms with E-state index in [1.54, 1.807) is 0 Å². The minimum Gasteiger partial charge on any atom is -0.408 e. The van der Waals surface area contributed by atoms with Crippen LogP contribution in [-0.2, 0) is 12.8 Å². The van der Waals surface area contributed by atoms with E-state index in [1.165, 1.54) is 5.56 Å². The second-order valence-electron chi connectivity index (χ2n) is 4.57. The Labute approximate surface area is 106 Å². The average Bonchev–Trinajstić information content (AvgIpc) is 2.92. The summed E-state index contributed by atoms with van der Waals surface area (Å²) in [5.74, 6) is 0.601. The fourth-order valence-electron chi connectivity index (χ4n) is 2.42. The van der Waals surface area contributed by atoms with Crippen molar-refractivity contribution in [3.05, 3.63) is 35.7 Å². The van der Waals surface area contributed by atoms with E-state index >= 15 is 0 Å². The van der Waals surface area contributed by atoms with E-state index in [0.29, 0.717) is 30.9 Å². The smallest absolute Gasteiger partial charge is 0.323 e. The highest BCUT2D eigenvalue weighted by Crippen LogP contribution is 2.37. The molecule has 0 bridgehead atoms. The van der Waals surface area contributed by atoms with Gasteiger partial charge in [0.05, 0.1) is 0 Å². The molecule has 5 nitrogen and oxygen atoms in total. The molecule has 1 aromatic carbocycles. The van der Waals surface area contributed by atoms with Gasteiger partial charge in [-0.05, 0) is 25.0 Å². The molecule has 1 unspecified atom stereocenters. The molecule has 5 heteroatoms. The molecule has 0 fully saturated rings. The summed E-state index contributed by atoms with van der Waals surface area (Å²) in [6.07, 6.45) is 1.63. The first-order chi connectivity index (χ1) is 8.79. The van der Waals surface area contributed by atoms with Crippen LogP contribution in [0.25, 0.3) is 0 Å². The first kappa shape index (κ1) is 11.2. The van der Waals surface area contributed by atoms with Crippen LogP contribution < -0.4 is 10.6 Å². The lowest BCUT2D eigenvalue weighted by Gasteiger charge is -2.19. The SMILES string of the molecule is CC1Cc2ccccc2N1c1nnc(CCN)o1. The lowest BCUT2D eigenvalue weighted by Crippen LogP contribution is -2.24. The van der Waals surface area contributed by atoms with Gasteiger partial charge in [-0.25, -0.2) is 0 Å². The van der Waals surface area contributed by atoms with Crippen LogP contribution in [0.2, 0.25) is 0 Å². The molecule has 2 aromatic rings. The molecule has 0 aliphatic carbocycles. The highest BCUT2D eigenvalue weighted by atomic mass is 16.4. The van der Waals surface area contributed by atoms with Crippen molar-refractivity contribution in [3.63, 3.8) is 0 Å². The first-order valence-corrected chi connectivity index (χ1v) is 6.19. The standard InChI is InChI=1S/C13H16N4O/c1-9-8-10-4-2-3-5-11(10)17(9)13-16-15-12(18-13)6-7-14/h2-5,9H,6-8,14H2,1H3. The van der Waals surface area contributed by atoms with E-state index in [-0.39, 0.29) is 0 Å². The largest absolute Gasteiger partial charge is 0.408 e. The first-order valence-electron chi connectivity index (χ1n) is 6.19. The maximum atomic E-state index is 5.66. The van der Waals surface area contributed by atoms with Gasteiger partial charge in [-0.3, -0.25) is 4.90 Å². The second kappa shape index (κ2) is 4.42. The Kier molecular flexibility index (Phi) is 2.76. The fraction of sp³-hybridized carbons (Fsp3) is 0.385. The Hall–Kier alpha value is -1.88. The van der Waals surface area contributed by atoms with E-state index in [0.717, 1.165) is 12.1 Å². The number of benzene rings is 1. The van der Waals surface area contributed by atoms with E-state index in [1.807, 2.05) is 6.07 Å². The van der Waals surface area contributed by atoms with Crippen LogP contribution >= 0.6 is 0 Å². The van der Waals surface area contributed by atoms with Crippen LogP contribution in [0.3, 0.4) is 0 Å². The number of rotatable bonds is 3. The van der Waals surface area contributed by atoms with E-state index < -0.39 is 0 Å². The molecule has 1 atom stereocenters. The minimum absolute atomic E-state index is 0.341. The van der Waals surface area contributed by atoms with Gasteiger partial charge in [0.2, 0.25) is 5.89 Å². The van der Waals surface area contributed by atoms with Crippen molar-refractivity contribution in [2.75, 3.05) is 11.4 Å². The van der Waals surface area contributed by atoms with Gasteiger partial charge in [0, 0.05) is 24.7 Å². The van der Waals surface area contributed by atoms with E-state index in [2.05, 4.69) is 40.2 Å². The Bertz CT molecular complexity index is 551. The highest BCUT2D eigenvalue weighted by Gasteiger charge is 2.30. The molecule has 1 aromatic heterocycles. The molecule has 0 amide bonds. The number of para-hydroxylation sites is 1. The van der Waals surface area contributed by atoms with Crippen molar-refractivity contribution in [1.82, 2.24) is 10.2 Å². The minimum atomic E-state index is 0.341. The van der Waals surface area contributed by atoms with Gasteiger partial charge >= 0.3 is 6.01 Å². The van der Waals surface area contributed by atoms with Crippen LogP contribution in [0, 0.1) is 0 Å². The topological polar surface area (TPSA) is 68.2 Å². The Morgan fingerprint density at radius 1 is 1.39 bits per heavy atom. The molecule has 18 heavy (non-hydrogen) atoms. The van der Waals surface area contributed by atoms with Crippen molar-refractivity contribution in [2.24, 2.45) is 5.73 Å². The lowest BCUT2D eigenvalue weighted by atomic mass is 10.1. The summed E-state index contributed by atoms with van der Waals surface area (Å²) in [7, 11) is 0. The van der Waals surface area contributed by atoms with Gasteiger partial charge in [0.15, 0.2) is 0 Å². The van der Waals surface area contributed by atoms with Crippen LogP contribution in [0.15, 0.2) is 28.7 Å². The highest BCUT2D eigenvalue weighted by molar-refractivity contribution is 5.65. The van der Waals surface area contributed by atoms with Gasteiger partial charge in [-0.15, -0.1) is 5.10 Å². The molecular formula is C13H16N4O. The van der Waals surface area contributed by atoms with Crippen LogP contribution in [-0.4, -0.2) is 22.8 Å². The van der Waals surface area contributed by atoms with Gasteiger partial charge in [0.25, 0.3) is 0 Å². The van der Waals surface area contributed by atoms with Gasteiger partial charge in [0.1, 0.15) is 0 Å². The van der Waals surface area contributed by atoms with E-state index in [4.69, 9.17) is 10.2 Å². The zero-order chi connectivity index (χ0) is 12.5. The van der Waals surface area contributed by atoms with Crippen LogP contribution in [0.4, 0.5) is 11.7 Å². The quantitative estimate of drug-likeness (QED) is 0.889. The molecule has 0 saturated heterocycles. The Balaban J connectivity index is 1.95. The van der Waals surface area contributed by atoms with Crippen molar-refractivity contribution < 1.29 is 4.42 Å². The summed E-state index contributed by atoms with van der Waals surface area (Å²) < 4.78 is 5.66. The van der Waals surface area contributed by atoms with Gasteiger partial charge in [-0.1, -0.05) is 23.3 Å². The molecule has 1 aliphatic rings. The normalized spacial score (nSPS) is 18.1. The predicted molar refractivity (Wildman–Crippen MR) is 68.8 cm³/mol. The molecule has 0 saturated carbocycles. The molecular weight excluding hydrogens is 228 g/mol. The summed E-state index contributed by atoms with van der Waals surface area (Å²) in [6.45, 7) is 2.68. The number of nitrogens with zero attached hydrogens (tertiary/aromatic N) is 3. The van der Waals surface area contributed by atoms with Crippen LogP contribution in [0.5, 0.6) is 0 Å². The van der Waals surface area contributed by atoms with Crippen LogP contribution in [0.1, 0.15) is 18.4 Å². The summed E-state index contributed by atoms with van der Waals surface area (Å²) in [5, 5.41) is 8.14. The maximum Gasteiger partial charge on any atom is 0.323 e. The number of anilines is 2. The fourth-order valence-corrected chi connectivity index (χ4v) is 2.42. The summed E-state index contributed by atoms with van der Waals surface area (Å²) in [5.41, 5.74) is 7.97. The third-order valence-electron chi connectivity index (χ3n) is 3.23. The number of nitrogens with two attached hydrogens (primary N) is 1. The molecule has 2 heterocycles. The summed E-state index contributed by atoms with van der Waals surface area (Å²) in [4.78, 5) is 2.10. The molecule has 2 N–H and O–H groups in total. The van der Waals surface area contributed by atoms with Crippen molar-refractivity contribution in [2.45, 2.75) is 25.8 Å². The predicted octanol–water partition coefficient (Wildman–Crippen LogP) is 1.65. The number of hydrogen-bond donors (Lipinski definition) is 1. The number of hydrogen-bond acceptors (Lipinski definition) is 5. The molecule has 0 radical (unpaired) electrons. The Morgan fingerprint density at radius 3 is 3.06 bits per heavy atom. The molecule has 0 spiro atoms. The summed E-state index contributed by atoms with van der Waals surface area (Å²) in [6, 6.07) is 9.22. The van der Waals surface area contributed by atoms with Gasteiger partial charge in [-0.2, -0.15) is 0 Å². The van der Waals surface area contributed by atoms with E-state index in [9.17, 15) is 0 Å². The average molecular weight is 244 g/mol. The number of fused-ring (bicyclic) bond motifs is 1. The zero-order valence-electron chi connectivity index (χ0n) is 10.3. The lowest BCUT2D eigenvalue weighted by molar-refractivity contribution is 0.488. The summed E-state index contributed by atoms with van der Waals surface area (Å²) >= 11 is 0. The van der Waals surface area contributed by atoms with Crippen molar-refractivity contribution >= 4 is 11.7 Å². The maximum absolute atomic E-state index is 5.66. The Morgan fingerprint density at radius 2 is 2.22 bits per heavy atom. The molecule has 1 aliphatic heterocycles. The zero-order valence-corrected chi connectivity index (χ0v) is 10.3. The monoisotopic (exact) mass is 244 g/mol. The number of aromatic nitrogens is 2. The van der Waals surface area contributed by atoms with Crippen molar-refractivity contribution in [3.8, 4) is 0 Å². The third-order valence-corrected chi connectivity index (χ3v) is 3.23. The van der Waals surface area contributed by atoms with Crippen molar-refractivity contribution in [1.29, 1.82) is 0 Å². The third kappa shape index (κ3) is 1.76. The second-order valence-corrected chi connectivity index (χ2v) is 4.57. The molecule has 94 valence electrons. The molecule has 3 rings (SSSR count).